The number of halogens is 1. The van der Waals surface area contributed by atoms with Gasteiger partial charge >= 0.3 is 0 Å². The molecular formula is C21H26ClN3O3. The Hall–Kier alpha value is -1.82. The summed E-state index contributed by atoms with van der Waals surface area (Å²) in [6.45, 7) is 2.53. The summed E-state index contributed by atoms with van der Waals surface area (Å²) >= 11 is 5.94. The number of hydrogen-bond acceptors (Lipinski definition) is 4. The normalized spacial score (nSPS) is 34.0. The van der Waals surface area contributed by atoms with Gasteiger partial charge in [-0.3, -0.25) is 14.9 Å². The summed E-state index contributed by atoms with van der Waals surface area (Å²) in [5.74, 6) is 2.63. The van der Waals surface area contributed by atoms with Gasteiger partial charge in [-0.05, 0) is 68.4 Å². The Morgan fingerprint density at radius 1 is 1.04 bits per heavy atom. The zero-order valence-electron chi connectivity index (χ0n) is 16.0. The lowest BCUT2D eigenvalue weighted by molar-refractivity contribution is -0.384. The maximum absolute atomic E-state index is 13.5. The van der Waals surface area contributed by atoms with E-state index >= 15 is 0 Å². The summed E-state index contributed by atoms with van der Waals surface area (Å²) in [5, 5.41) is 11.8. The fourth-order valence-electron chi connectivity index (χ4n) is 6.77. The highest BCUT2D eigenvalue weighted by Crippen LogP contribution is 2.60. The number of amides is 1. The van der Waals surface area contributed by atoms with Crippen molar-refractivity contribution in [2.75, 3.05) is 31.1 Å². The summed E-state index contributed by atoms with van der Waals surface area (Å²) in [7, 11) is 0. The molecule has 4 saturated carbocycles. The van der Waals surface area contributed by atoms with Crippen LogP contribution in [0.3, 0.4) is 0 Å². The first-order valence-electron chi connectivity index (χ1n) is 10.4. The van der Waals surface area contributed by atoms with Crippen LogP contribution in [0.15, 0.2) is 18.2 Å². The van der Waals surface area contributed by atoms with Gasteiger partial charge in [0.05, 0.1) is 10.3 Å². The molecule has 1 aromatic rings. The van der Waals surface area contributed by atoms with E-state index in [4.69, 9.17) is 11.6 Å². The lowest BCUT2D eigenvalue weighted by Gasteiger charge is -2.57. The molecule has 150 valence electrons. The third-order valence-corrected chi connectivity index (χ3v) is 7.77. The van der Waals surface area contributed by atoms with Gasteiger partial charge in [0.15, 0.2) is 0 Å². The molecule has 5 fully saturated rings. The Morgan fingerprint density at radius 3 is 2.14 bits per heavy atom. The average molecular weight is 404 g/mol. The van der Waals surface area contributed by atoms with Gasteiger partial charge in [-0.1, -0.05) is 11.6 Å². The number of piperazine rings is 1. The first-order valence-corrected chi connectivity index (χ1v) is 10.8. The molecule has 0 spiro atoms. The number of nitro benzene ring substituents is 1. The molecule has 4 bridgehead atoms. The lowest BCUT2D eigenvalue weighted by atomic mass is 9.49. The standard InChI is InChI=1S/C21H26ClN3O3/c22-17-1-2-18(19(10-17)25(27)28)23-3-5-24(6-4-23)20(26)21-11-14-7-15(12-21)9-16(8-14)13-21/h1-2,10,14-16H,3-9,11-13H2. The zero-order chi connectivity index (χ0) is 19.5. The van der Waals surface area contributed by atoms with Gasteiger partial charge in [0.25, 0.3) is 5.69 Å². The Bertz CT molecular complexity index is 784. The number of nitrogens with zero attached hydrogens (tertiary/aromatic N) is 3. The number of anilines is 1. The van der Waals surface area contributed by atoms with Gasteiger partial charge in [-0.15, -0.1) is 0 Å². The average Bonchev–Trinajstić information content (AvgIpc) is 2.66. The fraction of sp³-hybridized carbons (Fsp3) is 0.667. The van der Waals surface area contributed by atoms with E-state index in [2.05, 4.69) is 0 Å². The van der Waals surface area contributed by atoms with Crippen LogP contribution in [-0.2, 0) is 4.79 Å². The largest absolute Gasteiger partial charge is 0.362 e. The van der Waals surface area contributed by atoms with E-state index in [1.165, 1.54) is 25.3 Å². The molecule has 4 aliphatic carbocycles. The lowest BCUT2D eigenvalue weighted by Crippen LogP contribution is -2.58. The third kappa shape index (κ3) is 2.97. The van der Waals surface area contributed by atoms with Crippen molar-refractivity contribution in [3.63, 3.8) is 0 Å². The maximum Gasteiger partial charge on any atom is 0.294 e. The summed E-state index contributed by atoms with van der Waals surface area (Å²) < 4.78 is 0. The first-order chi connectivity index (χ1) is 13.4. The smallest absolute Gasteiger partial charge is 0.294 e. The van der Waals surface area contributed by atoms with Crippen LogP contribution >= 0.6 is 11.6 Å². The number of benzene rings is 1. The predicted molar refractivity (Wildman–Crippen MR) is 108 cm³/mol. The molecule has 1 aromatic carbocycles. The van der Waals surface area contributed by atoms with E-state index in [-0.39, 0.29) is 16.0 Å². The van der Waals surface area contributed by atoms with Crippen molar-refractivity contribution in [3.05, 3.63) is 33.3 Å². The second-order valence-corrected chi connectivity index (χ2v) is 9.80. The van der Waals surface area contributed by atoms with Crippen molar-refractivity contribution in [3.8, 4) is 0 Å². The van der Waals surface area contributed by atoms with Gasteiger partial charge in [0.1, 0.15) is 5.69 Å². The highest BCUT2D eigenvalue weighted by atomic mass is 35.5. The highest BCUT2D eigenvalue weighted by Gasteiger charge is 2.55. The number of carbonyl (C=O) groups excluding carboxylic acids is 1. The van der Waals surface area contributed by atoms with Crippen LogP contribution in [0.2, 0.25) is 5.02 Å². The molecule has 1 amide bonds. The van der Waals surface area contributed by atoms with Crippen molar-refractivity contribution >= 4 is 28.9 Å². The van der Waals surface area contributed by atoms with Crippen LogP contribution in [-0.4, -0.2) is 41.9 Å². The minimum atomic E-state index is -0.381. The molecule has 0 atom stereocenters. The van der Waals surface area contributed by atoms with E-state index in [0.29, 0.717) is 42.8 Å². The van der Waals surface area contributed by atoms with Crippen molar-refractivity contribution in [1.82, 2.24) is 4.90 Å². The zero-order valence-corrected chi connectivity index (χ0v) is 16.7. The number of carbonyl (C=O) groups is 1. The van der Waals surface area contributed by atoms with Crippen LogP contribution in [0.1, 0.15) is 38.5 Å². The Kier molecular flexibility index (Phi) is 4.30. The molecule has 5 aliphatic rings. The van der Waals surface area contributed by atoms with Crippen molar-refractivity contribution in [1.29, 1.82) is 0 Å². The van der Waals surface area contributed by atoms with Crippen molar-refractivity contribution < 1.29 is 9.72 Å². The van der Waals surface area contributed by atoms with E-state index in [1.807, 2.05) is 9.80 Å². The van der Waals surface area contributed by atoms with Gasteiger partial charge in [0.2, 0.25) is 5.91 Å². The quantitative estimate of drug-likeness (QED) is 0.562. The van der Waals surface area contributed by atoms with E-state index in [1.54, 1.807) is 12.1 Å². The van der Waals surface area contributed by atoms with Gasteiger partial charge in [0, 0.05) is 37.3 Å². The molecule has 7 heteroatoms. The topological polar surface area (TPSA) is 66.7 Å². The second-order valence-electron chi connectivity index (χ2n) is 9.37. The molecule has 1 saturated heterocycles. The number of nitro groups is 1. The van der Waals surface area contributed by atoms with Crippen LogP contribution in [0.5, 0.6) is 0 Å². The van der Waals surface area contributed by atoms with E-state index < -0.39 is 0 Å². The van der Waals surface area contributed by atoms with Gasteiger partial charge < -0.3 is 9.80 Å². The molecule has 1 heterocycles. The third-order valence-electron chi connectivity index (χ3n) is 7.53. The molecule has 0 radical (unpaired) electrons. The van der Waals surface area contributed by atoms with Crippen LogP contribution in [0, 0.1) is 33.3 Å². The predicted octanol–water partition coefficient (Wildman–Crippen LogP) is 4.11. The van der Waals surface area contributed by atoms with Crippen molar-refractivity contribution in [2.24, 2.45) is 23.2 Å². The fourth-order valence-corrected chi connectivity index (χ4v) is 6.94. The minimum absolute atomic E-state index is 0.0355. The molecule has 6 rings (SSSR count). The summed E-state index contributed by atoms with van der Waals surface area (Å²) in [6.07, 6.45) is 7.25. The Balaban J connectivity index is 1.29. The molecule has 6 nitrogen and oxygen atoms in total. The van der Waals surface area contributed by atoms with Crippen LogP contribution in [0.4, 0.5) is 11.4 Å². The first kappa shape index (κ1) is 18.2. The summed E-state index contributed by atoms with van der Waals surface area (Å²) in [4.78, 5) is 28.6. The minimum Gasteiger partial charge on any atom is -0.362 e. The van der Waals surface area contributed by atoms with Crippen molar-refractivity contribution in [2.45, 2.75) is 38.5 Å². The Morgan fingerprint density at radius 2 is 1.61 bits per heavy atom. The molecule has 0 unspecified atom stereocenters. The number of hydrogen-bond donors (Lipinski definition) is 0. The van der Waals surface area contributed by atoms with Gasteiger partial charge in [-0.2, -0.15) is 0 Å². The van der Waals surface area contributed by atoms with E-state index in [0.717, 1.165) is 37.0 Å². The van der Waals surface area contributed by atoms with Crippen LogP contribution in [0.25, 0.3) is 0 Å². The molecule has 0 N–H and O–H groups in total. The summed E-state index contributed by atoms with van der Waals surface area (Å²) in [5.41, 5.74) is 0.521. The molecular weight excluding hydrogens is 378 g/mol. The molecule has 28 heavy (non-hydrogen) atoms. The SMILES string of the molecule is O=C(N1CCN(c2ccc(Cl)cc2[N+](=O)[O-])CC1)C12CC3CC(CC(C3)C1)C2. The summed E-state index contributed by atoms with van der Waals surface area (Å²) in [6, 6.07) is 4.82. The highest BCUT2D eigenvalue weighted by molar-refractivity contribution is 6.30. The Labute approximate surface area is 170 Å². The molecule has 1 aliphatic heterocycles. The molecule has 0 aromatic heterocycles. The van der Waals surface area contributed by atoms with Gasteiger partial charge in [-0.25, -0.2) is 0 Å². The number of rotatable bonds is 3. The second kappa shape index (κ2) is 6.61. The monoisotopic (exact) mass is 403 g/mol. The van der Waals surface area contributed by atoms with Crippen LogP contribution < -0.4 is 4.90 Å². The maximum atomic E-state index is 13.5. The van der Waals surface area contributed by atoms with E-state index in [9.17, 15) is 14.9 Å².